The average molecular weight is 419 g/mol. The van der Waals surface area contributed by atoms with Gasteiger partial charge in [-0.2, -0.15) is 4.99 Å². The van der Waals surface area contributed by atoms with E-state index in [1.54, 1.807) is 30.4 Å². The van der Waals surface area contributed by atoms with E-state index in [1.165, 1.54) is 11.3 Å². The Morgan fingerprint density at radius 1 is 1.18 bits per heavy atom. The first-order valence-corrected chi connectivity index (χ1v) is 10.8. The summed E-state index contributed by atoms with van der Waals surface area (Å²) in [5, 5.41) is 1.95. The summed E-state index contributed by atoms with van der Waals surface area (Å²) in [5.41, 5.74) is 1.41. The molecular formula is C20H22N2O4S2. The van der Waals surface area contributed by atoms with Crippen molar-refractivity contribution in [3.63, 3.8) is 0 Å². The lowest BCUT2D eigenvalue weighted by atomic mass is 10.2. The fourth-order valence-electron chi connectivity index (χ4n) is 2.72. The molecule has 1 aromatic carbocycles. The number of esters is 1. The summed E-state index contributed by atoms with van der Waals surface area (Å²) in [4.78, 5) is 30.4. The molecule has 0 unspecified atom stereocenters. The number of hydrogen-bond donors (Lipinski definition) is 0. The molecule has 0 N–H and O–H groups in total. The number of aromatic nitrogens is 1. The molecule has 28 heavy (non-hydrogen) atoms. The predicted octanol–water partition coefficient (Wildman–Crippen LogP) is 3.65. The molecule has 0 aliphatic rings. The number of benzene rings is 1. The maximum Gasteiger partial charge on any atom is 0.338 e. The Kier molecular flexibility index (Phi) is 7.13. The molecule has 0 spiro atoms. The van der Waals surface area contributed by atoms with Crippen molar-refractivity contribution in [3.05, 3.63) is 51.0 Å². The highest BCUT2D eigenvalue weighted by atomic mass is 32.1. The summed E-state index contributed by atoms with van der Waals surface area (Å²) in [6, 6.07) is 9.25. The number of nitrogens with zero attached hydrogens (tertiary/aromatic N) is 2. The van der Waals surface area contributed by atoms with Crippen LogP contribution in [0.5, 0.6) is 0 Å². The van der Waals surface area contributed by atoms with Crippen LogP contribution in [0, 0.1) is 0 Å². The van der Waals surface area contributed by atoms with Gasteiger partial charge in [0.1, 0.15) is 0 Å². The van der Waals surface area contributed by atoms with Gasteiger partial charge < -0.3 is 14.0 Å². The molecule has 6 nitrogen and oxygen atoms in total. The lowest BCUT2D eigenvalue weighted by molar-refractivity contribution is -0.117. The van der Waals surface area contributed by atoms with E-state index in [9.17, 15) is 9.59 Å². The minimum Gasteiger partial charge on any atom is -0.462 e. The Hall–Kier alpha value is -2.29. The number of amides is 1. The van der Waals surface area contributed by atoms with Crippen LogP contribution in [-0.4, -0.2) is 36.3 Å². The molecular weight excluding hydrogens is 396 g/mol. The summed E-state index contributed by atoms with van der Waals surface area (Å²) >= 11 is 2.93. The normalized spacial score (nSPS) is 11.9. The largest absolute Gasteiger partial charge is 0.462 e. The number of ether oxygens (including phenoxy) is 2. The van der Waals surface area contributed by atoms with Crippen molar-refractivity contribution in [1.82, 2.24) is 4.57 Å². The maximum absolute atomic E-state index is 12.4. The van der Waals surface area contributed by atoms with Crippen LogP contribution in [0.1, 0.15) is 29.1 Å². The highest BCUT2D eigenvalue weighted by molar-refractivity contribution is 7.16. The molecule has 2 aromatic heterocycles. The van der Waals surface area contributed by atoms with Crippen LogP contribution in [-0.2, 0) is 27.2 Å². The topological polar surface area (TPSA) is 69.9 Å². The van der Waals surface area contributed by atoms with E-state index >= 15 is 0 Å². The zero-order valence-corrected chi connectivity index (χ0v) is 17.5. The van der Waals surface area contributed by atoms with Crippen molar-refractivity contribution in [2.24, 2.45) is 4.99 Å². The summed E-state index contributed by atoms with van der Waals surface area (Å²) in [6.45, 7) is 5.77. The quantitative estimate of drug-likeness (QED) is 0.414. The molecule has 2 heterocycles. The van der Waals surface area contributed by atoms with E-state index in [0.717, 1.165) is 15.1 Å². The second-order valence-corrected chi connectivity index (χ2v) is 7.94. The Morgan fingerprint density at radius 3 is 2.75 bits per heavy atom. The number of hydrogen-bond acceptors (Lipinski definition) is 6. The van der Waals surface area contributed by atoms with E-state index in [0.29, 0.717) is 36.7 Å². The third kappa shape index (κ3) is 4.95. The van der Waals surface area contributed by atoms with E-state index in [4.69, 9.17) is 9.47 Å². The second kappa shape index (κ2) is 9.77. The van der Waals surface area contributed by atoms with Crippen molar-refractivity contribution in [2.75, 3.05) is 19.8 Å². The van der Waals surface area contributed by atoms with Gasteiger partial charge in [0, 0.05) is 18.0 Å². The third-order valence-corrected chi connectivity index (χ3v) is 5.90. The zero-order chi connectivity index (χ0) is 19.9. The van der Waals surface area contributed by atoms with Crippen molar-refractivity contribution < 1.29 is 19.1 Å². The summed E-state index contributed by atoms with van der Waals surface area (Å²) in [6.07, 6.45) is 0.283. The second-order valence-electron chi connectivity index (χ2n) is 5.90. The number of rotatable bonds is 8. The Balaban J connectivity index is 1.98. The lowest BCUT2D eigenvalue weighted by Gasteiger charge is -2.06. The van der Waals surface area contributed by atoms with E-state index in [2.05, 4.69) is 4.99 Å². The zero-order valence-electron chi connectivity index (χ0n) is 15.8. The first-order valence-electron chi connectivity index (χ1n) is 9.10. The van der Waals surface area contributed by atoms with Crippen LogP contribution in [0.4, 0.5) is 0 Å². The van der Waals surface area contributed by atoms with Gasteiger partial charge in [-0.25, -0.2) is 4.79 Å². The van der Waals surface area contributed by atoms with Gasteiger partial charge in [0.25, 0.3) is 5.91 Å². The fraction of sp³-hybridized carbons (Fsp3) is 0.350. The number of carbonyl (C=O) groups is 2. The molecule has 3 rings (SSSR count). The molecule has 3 aromatic rings. The van der Waals surface area contributed by atoms with Gasteiger partial charge in [0.15, 0.2) is 4.80 Å². The van der Waals surface area contributed by atoms with Gasteiger partial charge in [0.2, 0.25) is 0 Å². The summed E-state index contributed by atoms with van der Waals surface area (Å²) in [5.74, 6) is -0.546. The van der Waals surface area contributed by atoms with Crippen LogP contribution in [0.2, 0.25) is 0 Å². The minimum atomic E-state index is -0.356. The summed E-state index contributed by atoms with van der Waals surface area (Å²) in [7, 11) is 0. The fourth-order valence-corrected chi connectivity index (χ4v) is 4.53. The van der Waals surface area contributed by atoms with Gasteiger partial charge in [-0.3, -0.25) is 4.79 Å². The molecule has 0 aliphatic carbocycles. The summed E-state index contributed by atoms with van der Waals surface area (Å²) < 4.78 is 13.4. The highest BCUT2D eigenvalue weighted by Crippen LogP contribution is 2.20. The van der Waals surface area contributed by atoms with Crippen molar-refractivity contribution in [3.8, 4) is 0 Å². The van der Waals surface area contributed by atoms with Gasteiger partial charge >= 0.3 is 5.97 Å². The van der Waals surface area contributed by atoms with Crippen molar-refractivity contribution >= 4 is 44.8 Å². The number of thiazole rings is 1. The monoisotopic (exact) mass is 418 g/mol. The van der Waals surface area contributed by atoms with E-state index in [1.807, 2.05) is 35.1 Å². The first kappa shape index (κ1) is 20.4. The smallest absolute Gasteiger partial charge is 0.338 e. The average Bonchev–Trinajstić information content (AvgIpc) is 3.29. The van der Waals surface area contributed by atoms with Crippen LogP contribution >= 0.6 is 22.7 Å². The van der Waals surface area contributed by atoms with Gasteiger partial charge in [-0.05, 0) is 43.5 Å². The molecule has 0 bridgehead atoms. The molecule has 0 saturated heterocycles. The van der Waals surface area contributed by atoms with Gasteiger partial charge in [0.05, 0.1) is 35.4 Å². The first-order chi connectivity index (χ1) is 13.6. The standard InChI is InChI=1S/C20H22N2O4S2/c1-3-25-10-9-22-16-8-7-14(19(24)26-4-2)12-17(16)28-20(22)21-18(23)13-15-6-5-11-27-15/h5-8,11-12H,3-4,9-10,13H2,1-2H3. The molecule has 1 amide bonds. The molecule has 0 fully saturated rings. The van der Waals surface area contributed by atoms with Crippen LogP contribution in [0.15, 0.2) is 40.7 Å². The number of thiophene rings is 1. The minimum absolute atomic E-state index is 0.190. The third-order valence-electron chi connectivity index (χ3n) is 3.98. The predicted molar refractivity (Wildman–Crippen MR) is 111 cm³/mol. The maximum atomic E-state index is 12.4. The SMILES string of the molecule is CCOCCn1c(=NC(=O)Cc2cccs2)sc2cc(C(=O)OCC)ccc21. The molecule has 0 radical (unpaired) electrons. The number of fused-ring (bicyclic) bond motifs is 1. The van der Waals surface area contributed by atoms with Crippen LogP contribution in [0.25, 0.3) is 10.2 Å². The van der Waals surface area contributed by atoms with Crippen LogP contribution < -0.4 is 4.80 Å². The highest BCUT2D eigenvalue weighted by Gasteiger charge is 2.13. The van der Waals surface area contributed by atoms with Gasteiger partial charge in [-0.1, -0.05) is 17.4 Å². The van der Waals surface area contributed by atoms with E-state index in [-0.39, 0.29) is 18.3 Å². The Labute approximate surface area is 171 Å². The van der Waals surface area contributed by atoms with Gasteiger partial charge in [-0.15, -0.1) is 11.3 Å². The lowest BCUT2D eigenvalue weighted by Crippen LogP contribution is -2.20. The Bertz CT molecular complexity index is 1020. The molecule has 0 saturated carbocycles. The molecule has 0 atom stereocenters. The Morgan fingerprint density at radius 2 is 2.04 bits per heavy atom. The molecule has 0 aliphatic heterocycles. The van der Waals surface area contributed by atoms with Crippen LogP contribution in [0.3, 0.4) is 0 Å². The van der Waals surface area contributed by atoms with E-state index < -0.39 is 0 Å². The molecule has 148 valence electrons. The number of carbonyl (C=O) groups excluding carboxylic acids is 2. The molecule has 8 heteroatoms. The van der Waals surface area contributed by atoms with Crippen molar-refractivity contribution in [2.45, 2.75) is 26.8 Å². The van der Waals surface area contributed by atoms with Crippen molar-refractivity contribution in [1.29, 1.82) is 0 Å².